The Morgan fingerprint density at radius 1 is 1.13 bits per heavy atom. The zero-order chi connectivity index (χ0) is 10.4. The van der Waals surface area contributed by atoms with Crippen LogP contribution in [0.5, 0.6) is 0 Å². The number of hydrogen-bond donors (Lipinski definition) is 1. The molecule has 0 saturated heterocycles. The Labute approximate surface area is 137 Å². The van der Waals surface area contributed by atoms with E-state index in [2.05, 4.69) is 5.32 Å². The molecule has 0 radical (unpaired) electrons. The topological polar surface area (TPSA) is 59.6 Å². The van der Waals surface area contributed by atoms with E-state index in [9.17, 15) is 0 Å². The molecule has 0 heterocycles. The molecule has 0 aliphatic carbocycles. The molecule has 5 heteroatoms. The van der Waals surface area contributed by atoms with Crippen LogP contribution in [0.2, 0.25) is 0 Å². The van der Waals surface area contributed by atoms with Crippen LogP contribution in [0.1, 0.15) is 0 Å². The first-order valence-corrected chi connectivity index (χ1v) is 4.22. The van der Waals surface area contributed by atoms with E-state index in [1.54, 1.807) is 24.3 Å². The van der Waals surface area contributed by atoms with Gasteiger partial charge < -0.3 is 17.9 Å². The Morgan fingerprint density at radius 2 is 1.67 bits per heavy atom. The van der Waals surface area contributed by atoms with E-state index in [1.165, 1.54) is 0 Å². The molecule has 1 rings (SSSR count). The van der Waals surface area contributed by atoms with E-state index in [-0.39, 0.29) is 62.0 Å². The van der Waals surface area contributed by atoms with Crippen LogP contribution in [0.25, 0.3) is 0 Å². The minimum Gasteiger partial charge on any atom is -0.760 e. The number of allylic oxidation sites excluding steroid dienone is 1. The second-order valence-corrected chi connectivity index (χ2v) is 2.83. The summed E-state index contributed by atoms with van der Waals surface area (Å²) in [6.45, 7) is 0. The van der Waals surface area contributed by atoms with Gasteiger partial charge in [0.05, 0.1) is 0 Å². The van der Waals surface area contributed by atoms with Crippen molar-refractivity contribution in [2.75, 3.05) is 5.32 Å². The molecule has 0 atom stereocenters. The van der Waals surface area contributed by atoms with Crippen molar-refractivity contribution in [3.05, 3.63) is 40.9 Å². The van der Waals surface area contributed by atoms with Crippen molar-refractivity contribution in [2.24, 2.45) is 0 Å². The molecule has 3 nitrogen and oxygen atoms in total. The number of anilines is 1. The van der Waals surface area contributed by atoms with Gasteiger partial charge in [-0.05, 0) is 12.1 Å². The molecule has 0 unspecified atom stereocenters. The third-order valence-corrected chi connectivity index (χ3v) is 1.79. The van der Waals surface area contributed by atoms with Crippen molar-refractivity contribution in [2.45, 2.75) is 0 Å². The number of hydrogen-bond acceptors (Lipinski definition) is 4. The molecule has 0 aromatic heterocycles. The molecule has 0 bridgehead atoms. The second-order valence-electron chi connectivity index (χ2n) is 2.42. The van der Waals surface area contributed by atoms with Crippen LogP contribution < -0.4 is 56.7 Å². The fourth-order valence-electron chi connectivity index (χ4n) is 0.842. The van der Waals surface area contributed by atoms with Crippen molar-refractivity contribution in [3.63, 3.8) is 0 Å². The second kappa shape index (κ2) is 7.83. The van der Waals surface area contributed by atoms with Crippen LogP contribution in [0.4, 0.5) is 5.69 Å². The maximum Gasteiger partial charge on any atom is 1.00 e. The van der Waals surface area contributed by atoms with Gasteiger partial charge in [-0.1, -0.05) is 23.2 Å². The molecule has 0 fully saturated rings. The van der Waals surface area contributed by atoms with E-state index in [1.807, 2.05) is 18.2 Å². The third-order valence-electron chi connectivity index (χ3n) is 1.48. The van der Waals surface area contributed by atoms with Crippen LogP contribution in [-0.4, -0.2) is 0 Å². The van der Waals surface area contributed by atoms with Gasteiger partial charge in [0.25, 0.3) is 0 Å². The number of rotatable bonds is 2. The maximum atomic E-state index is 8.54. The average Bonchev–Trinajstić information content (AvgIpc) is 2.21. The summed E-state index contributed by atoms with van der Waals surface area (Å²) in [7, 11) is 0. The quantitative estimate of drug-likeness (QED) is 0.405. The molecular weight excluding hydrogens is 233 g/mol. The van der Waals surface area contributed by atoms with Crippen LogP contribution >= 0.6 is 0 Å². The monoisotopic (exact) mass is 239 g/mol. The van der Waals surface area contributed by atoms with Gasteiger partial charge in [0.1, 0.15) is 17.7 Å². The molecule has 1 aromatic rings. The van der Waals surface area contributed by atoms with Crippen molar-refractivity contribution in [1.29, 1.82) is 10.5 Å². The Morgan fingerprint density at radius 3 is 2.13 bits per heavy atom. The third kappa shape index (κ3) is 4.76. The summed E-state index contributed by atoms with van der Waals surface area (Å²) < 4.78 is 0. The van der Waals surface area contributed by atoms with E-state index in [0.29, 0.717) is 0 Å². The first-order chi connectivity index (χ1) is 6.77. The number of nitriles is 2. The summed E-state index contributed by atoms with van der Waals surface area (Å²) in [5, 5.41) is 20.0. The first-order valence-electron chi connectivity index (χ1n) is 3.81. The molecular formula is C10H6KN3S. The number of benzene rings is 1. The van der Waals surface area contributed by atoms with Gasteiger partial charge in [0.15, 0.2) is 0 Å². The van der Waals surface area contributed by atoms with Crippen molar-refractivity contribution in [3.8, 4) is 12.1 Å². The smallest absolute Gasteiger partial charge is 0.760 e. The predicted molar refractivity (Wildman–Crippen MR) is 55.7 cm³/mol. The van der Waals surface area contributed by atoms with Gasteiger partial charge in [0.2, 0.25) is 0 Å². The van der Waals surface area contributed by atoms with Crippen molar-refractivity contribution in [1.82, 2.24) is 0 Å². The van der Waals surface area contributed by atoms with E-state index in [0.717, 1.165) is 5.69 Å². The largest absolute Gasteiger partial charge is 1.00 e. The first kappa shape index (κ1) is 14.6. The van der Waals surface area contributed by atoms with Gasteiger partial charge in [0, 0.05) is 5.69 Å². The van der Waals surface area contributed by atoms with Crippen molar-refractivity contribution < 1.29 is 51.4 Å². The molecule has 0 aliphatic heterocycles. The van der Waals surface area contributed by atoms with Crippen LogP contribution in [-0.2, 0) is 12.6 Å². The number of para-hydroxylation sites is 1. The summed E-state index contributed by atoms with van der Waals surface area (Å²) in [4.78, 5) is 0. The van der Waals surface area contributed by atoms with E-state index in [4.69, 9.17) is 23.2 Å². The predicted octanol–water partition coefficient (Wildman–Crippen LogP) is -1.09. The average molecular weight is 239 g/mol. The minimum atomic E-state index is -0.0798. The molecule has 0 saturated carbocycles. The normalized spacial score (nSPS) is 7.60. The van der Waals surface area contributed by atoms with Gasteiger partial charge in [-0.25, -0.2) is 0 Å². The molecule has 1 N–H and O–H groups in total. The Balaban J connectivity index is 0.00000196. The minimum absolute atomic E-state index is 0. The Kier molecular flexibility index (Phi) is 7.62. The summed E-state index contributed by atoms with van der Waals surface area (Å²) in [6.07, 6.45) is 0. The van der Waals surface area contributed by atoms with Gasteiger partial charge in [-0.3, -0.25) is 0 Å². The number of nitrogens with one attached hydrogen (secondary N) is 1. The summed E-state index contributed by atoms with van der Waals surface area (Å²) in [5.74, 6) is 0. The fourth-order valence-corrected chi connectivity index (χ4v) is 1.05. The van der Waals surface area contributed by atoms with Gasteiger partial charge >= 0.3 is 51.4 Å². The zero-order valence-corrected chi connectivity index (χ0v) is 12.1. The maximum absolute atomic E-state index is 8.54. The Bertz CT molecular complexity index is 412. The molecule has 15 heavy (non-hydrogen) atoms. The fraction of sp³-hybridized carbons (Fsp3) is 0. The molecule has 68 valence electrons. The van der Waals surface area contributed by atoms with Crippen LogP contribution in [0, 0.1) is 22.7 Å². The standard InChI is InChI=1S/C10H7N3S.K/c11-6-8(7-12)10(14)13-9-4-2-1-3-5-9;/h1-5,13-14H;/q;+1/p-1. The summed E-state index contributed by atoms with van der Waals surface area (Å²) in [6, 6.07) is 12.6. The van der Waals surface area contributed by atoms with Crippen LogP contribution in [0.3, 0.4) is 0 Å². The van der Waals surface area contributed by atoms with Gasteiger partial charge in [-0.2, -0.15) is 10.5 Å². The number of nitrogens with zero attached hydrogens (tertiary/aromatic N) is 2. The van der Waals surface area contributed by atoms with Crippen LogP contribution in [0.15, 0.2) is 40.9 Å². The Hall–Kier alpha value is -0.404. The van der Waals surface area contributed by atoms with Crippen molar-refractivity contribution >= 4 is 18.3 Å². The molecule has 1 aromatic carbocycles. The van der Waals surface area contributed by atoms with E-state index < -0.39 is 0 Å². The van der Waals surface area contributed by atoms with Gasteiger partial charge in [-0.15, -0.1) is 0 Å². The summed E-state index contributed by atoms with van der Waals surface area (Å²) in [5.41, 5.74) is 0.685. The molecule has 0 aliphatic rings. The SMILES string of the molecule is N#CC(C#N)=C([S-])Nc1ccccc1.[K+]. The zero-order valence-electron chi connectivity index (χ0n) is 8.19. The molecule has 0 spiro atoms. The van der Waals surface area contributed by atoms with E-state index >= 15 is 0 Å². The molecule has 0 amide bonds. The summed E-state index contributed by atoms with van der Waals surface area (Å²) >= 11 is 4.86.